The first kappa shape index (κ1) is 21.2. The highest BCUT2D eigenvalue weighted by Crippen LogP contribution is 2.19. The first-order chi connectivity index (χ1) is 13.9. The molecule has 2 aromatic rings. The SMILES string of the molecule is C[C@@H](OC(=O)c1ccc(CN2CCOCC2)cc1)C(=O)Nc1ccc(F)c(Cl)c1. The lowest BCUT2D eigenvalue weighted by molar-refractivity contribution is -0.123. The predicted octanol–water partition coefficient (Wildman–Crippen LogP) is 3.50. The minimum atomic E-state index is -1.03. The number of hydrogen-bond donors (Lipinski definition) is 1. The zero-order valence-corrected chi connectivity index (χ0v) is 16.7. The Morgan fingerprint density at radius 3 is 2.55 bits per heavy atom. The van der Waals surface area contributed by atoms with E-state index in [1.165, 1.54) is 19.1 Å². The number of carbonyl (C=O) groups is 2. The molecule has 0 spiro atoms. The van der Waals surface area contributed by atoms with Crippen LogP contribution in [-0.4, -0.2) is 49.2 Å². The van der Waals surface area contributed by atoms with Crippen LogP contribution in [0.5, 0.6) is 0 Å². The third-order valence-corrected chi connectivity index (χ3v) is 4.83. The normalized spacial score (nSPS) is 15.6. The summed E-state index contributed by atoms with van der Waals surface area (Å²) in [6.07, 6.45) is -1.03. The number of ether oxygens (including phenoxy) is 2. The average molecular weight is 421 g/mol. The Balaban J connectivity index is 1.52. The van der Waals surface area contributed by atoms with Crippen LogP contribution in [-0.2, 0) is 20.8 Å². The van der Waals surface area contributed by atoms with Gasteiger partial charge in [0, 0.05) is 25.3 Å². The number of benzene rings is 2. The van der Waals surface area contributed by atoms with Gasteiger partial charge in [-0.25, -0.2) is 9.18 Å². The van der Waals surface area contributed by atoms with Crippen molar-refractivity contribution in [2.24, 2.45) is 0 Å². The molecule has 1 aliphatic heterocycles. The number of esters is 1. The molecule has 1 saturated heterocycles. The lowest BCUT2D eigenvalue weighted by Gasteiger charge is -2.26. The van der Waals surface area contributed by atoms with Crippen LogP contribution in [0, 0.1) is 5.82 Å². The van der Waals surface area contributed by atoms with Crippen LogP contribution in [0.4, 0.5) is 10.1 Å². The first-order valence-electron chi connectivity index (χ1n) is 9.28. The van der Waals surface area contributed by atoms with Crippen LogP contribution in [0.15, 0.2) is 42.5 Å². The van der Waals surface area contributed by atoms with Gasteiger partial charge in [0.15, 0.2) is 6.10 Å². The van der Waals surface area contributed by atoms with Crippen molar-refractivity contribution >= 4 is 29.2 Å². The van der Waals surface area contributed by atoms with Gasteiger partial charge in [-0.2, -0.15) is 0 Å². The van der Waals surface area contributed by atoms with E-state index in [1.807, 2.05) is 12.1 Å². The van der Waals surface area contributed by atoms with Gasteiger partial charge in [-0.05, 0) is 42.8 Å². The molecule has 8 heteroatoms. The number of nitrogens with zero attached hydrogens (tertiary/aromatic N) is 1. The highest BCUT2D eigenvalue weighted by atomic mass is 35.5. The fraction of sp³-hybridized carbons (Fsp3) is 0.333. The van der Waals surface area contributed by atoms with E-state index >= 15 is 0 Å². The highest BCUT2D eigenvalue weighted by Gasteiger charge is 2.19. The summed E-state index contributed by atoms with van der Waals surface area (Å²) in [5.74, 6) is -1.71. The summed E-state index contributed by atoms with van der Waals surface area (Å²) in [6.45, 7) is 5.48. The molecular weight excluding hydrogens is 399 g/mol. The molecule has 154 valence electrons. The molecule has 1 heterocycles. The maximum absolute atomic E-state index is 13.2. The van der Waals surface area contributed by atoms with Crippen molar-refractivity contribution in [3.05, 3.63) is 64.4 Å². The van der Waals surface area contributed by atoms with Gasteiger partial charge in [-0.1, -0.05) is 23.7 Å². The van der Waals surface area contributed by atoms with Crippen LogP contribution < -0.4 is 5.32 Å². The van der Waals surface area contributed by atoms with Gasteiger partial charge in [-0.3, -0.25) is 9.69 Å². The summed E-state index contributed by atoms with van der Waals surface area (Å²) in [5, 5.41) is 2.43. The number of halogens is 2. The smallest absolute Gasteiger partial charge is 0.338 e. The quantitative estimate of drug-likeness (QED) is 0.724. The molecule has 1 aliphatic rings. The van der Waals surface area contributed by atoms with Gasteiger partial charge in [0.25, 0.3) is 5.91 Å². The average Bonchev–Trinajstić information content (AvgIpc) is 2.72. The number of morpholine rings is 1. The standard InChI is InChI=1S/C21H22ClFN2O4/c1-14(20(26)24-17-6-7-19(23)18(22)12-17)29-21(27)16-4-2-15(3-5-16)13-25-8-10-28-11-9-25/h2-7,12,14H,8-11,13H2,1H3,(H,24,26)/t14-/m1/s1. The molecule has 6 nitrogen and oxygen atoms in total. The minimum Gasteiger partial charge on any atom is -0.449 e. The Bertz CT molecular complexity index is 869. The van der Waals surface area contributed by atoms with Gasteiger partial charge in [0.05, 0.1) is 23.8 Å². The second-order valence-corrected chi connectivity index (χ2v) is 7.16. The van der Waals surface area contributed by atoms with Gasteiger partial charge < -0.3 is 14.8 Å². The van der Waals surface area contributed by atoms with E-state index in [0.717, 1.165) is 44.5 Å². The van der Waals surface area contributed by atoms with Gasteiger partial charge in [0.2, 0.25) is 0 Å². The second kappa shape index (κ2) is 9.82. The molecule has 0 radical (unpaired) electrons. The molecule has 0 bridgehead atoms. The van der Waals surface area contributed by atoms with Crippen molar-refractivity contribution in [2.75, 3.05) is 31.6 Å². The number of rotatable bonds is 6. The minimum absolute atomic E-state index is 0.107. The maximum Gasteiger partial charge on any atom is 0.338 e. The van der Waals surface area contributed by atoms with Crippen molar-refractivity contribution < 1.29 is 23.5 Å². The third kappa shape index (κ3) is 6.00. The zero-order valence-electron chi connectivity index (χ0n) is 16.0. The van der Waals surface area contributed by atoms with E-state index in [-0.39, 0.29) is 5.02 Å². The zero-order chi connectivity index (χ0) is 20.8. The van der Waals surface area contributed by atoms with E-state index in [1.54, 1.807) is 12.1 Å². The largest absolute Gasteiger partial charge is 0.449 e. The molecular formula is C21H22ClFN2O4. The first-order valence-corrected chi connectivity index (χ1v) is 9.66. The van der Waals surface area contributed by atoms with Gasteiger partial charge in [-0.15, -0.1) is 0 Å². The summed E-state index contributed by atoms with van der Waals surface area (Å²) in [7, 11) is 0. The molecule has 1 fully saturated rings. The molecule has 29 heavy (non-hydrogen) atoms. The summed E-state index contributed by atoms with van der Waals surface area (Å²) < 4.78 is 23.8. The molecule has 1 N–H and O–H groups in total. The number of nitrogens with one attached hydrogen (secondary N) is 1. The third-order valence-electron chi connectivity index (χ3n) is 4.54. The van der Waals surface area contributed by atoms with E-state index in [2.05, 4.69) is 10.2 Å². The maximum atomic E-state index is 13.2. The molecule has 0 unspecified atom stereocenters. The molecule has 0 aromatic heterocycles. The Kier molecular flexibility index (Phi) is 7.19. The number of amides is 1. The van der Waals surface area contributed by atoms with Crippen LogP contribution >= 0.6 is 11.6 Å². The van der Waals surface area contributed by atoms with Gasteiger partial charge in [0.1, 0.15) is 5.82 Å². The van der Waals surface area contributed by atoms with Crippen molar-refractivity contribution in [1.82, 2.24) is 4.90 Å². The lowest BCUT2D eigenvalue weighted by atomic mass is 10.1. The van der Waals surface area contributed by atoms with Gasteiger partial charge >= 0.3 is 5.97 Å². The Morgan fingerprint density at radius 2 is 1.90 bits per heavy atom. The topological polar surface area (TPSA) is 67.9 Å². The van der Waals surface area contributed by atoms with E-state index in [0.29, 0.717) is 11.3 Å². The fourth-order valence-electron chi connectivity index (χ4n) is 2.86. The molecule has 0 aliphatic carbocycles. The summed E-state index contributed by atoms with van der Waals surface area (Å²) in [6, 6.07) is 10.9. The van der Waals surface area contributed by atoms with E-state index in [4.69, 9.17) is 21.1 Å². The Morgan fingerprint density at radius 1 is 1.21 bits per heavy atom. The van der Waals surface area contributed by atoms with Crippen molar-refractivity contribution in [3.8, 4) is 0 Å². The monoisotopic (exact) mass is 420 g/mol. The lowest BCUT2D eigenvalue weighted by Crippen LogP contribution is -2.35. The number of anilines is 1. The van der Waals surface area contributed by atoms with Crippen LogP contribution in [0.25, 0.3) is 0 Å². The molecule has 3 rings (SSSR count). The number of hydrogen-bond acceptors (Lipinski definition) is 5. The van der Waals surface area contributed by atoms with E-state index < -0.39 is 23.8 Å². The predicted molar refractivity (Wildman–Crippen MR) is 107 cm³/mol. The van der Waals surface area contributed by atoms with E-state index in [9.17, 15) is 14.0 Å². The molecule has 0 saturated carbocycles. The van der Waals surface area contributed by atoms with Crippen LogP contribution in [0.1, 0.15) is 22.8 Å². The number of carbonyl (C=O) groups excluding carboxylic acids is 2. The summed E-state index contributed by atoms with van der Waals surface area (Å²) in [4.78, 5) is 26.8. The summed E-state index contributed by atoms with van der Waals surface area (Å²) in [5.41, 5.74) is 1.76. The highest BCUT2D eigenvalue weighted by molar-refractivity contribution is 6.31. The summed E-state index contributed by atoms with van der Waals surface area (Å²) >= 11 is 5.69. The molecule has 1 atom stereocenters. The van der Waals surface area contributed by atoms with Crippen LogP contribution in [0.2, 0.25) is 5.02 Å². The van der Waals surface area contributed by atoms with Crippen molar-refractivity contribution in [1.29, 1.82) is 0 Å². The van der Waals surface area contributed by atoms with Crippen molar-refractivity contribution in [3.63, 3.8) is 0 Å². The fourth-order valence-corrected chi connectivity index (χ4v) is 3.04. The Hall–Kier alpha value is -2.48. The Labute approximate surface area is 173 Å². The van der Waals surface area contributed by atoms with Crippen LogP contribution in [0.3, 0.4) is 0 Å². The molecule has 1 amide bonds. The van der Waals surface area contributed by atoms with Crippen molar-refractivity contribution in [2.45, 2.75) is 19.6 Å². The second-order valence-electron chi connectivity index (χ2n) is 6.75. The molecule has 2 aromatic carbocycles.